The van der Waals surface area contributed by atoms with Gasteiger partial charge in [-0.1, -0.05) is 0 Å². The molecule has 4 nitrogen and oxygen atoms in total. The maximum atomic E-state index is 12.2. The van der Waals surface area contributed by atoms with Gasteiger partial charge in [0.25, 0.3) is 0 Å². The lowest BCUT2D eigenvalue weighted by molar-refractivity contribution is -0.119. The number of hydrogen-bond donors (Lipinski definition) is 2. The first-order valence-corrected chi connectivity index (χ1v) is 8.77. The first kappa shape index (κ1) is 14.7. The van der Waals surface area contributed by atoms with Crippen molar-refractivity contribution in [3.05, 3.63) is 21.9 Å². The molecule has 6 heteroatoms. The van der Waals surface area contributed by atoms with Gasteiger partial charge in [-0.15, -0.1) is 22.7 Å². The van der Waals surface area contributed by atoms with Gasteiger partial charge < -0.3 is 11.1 Å². The molecule has 1 fully saturated rings. The maximum Gasteiger partial charge on any atom is 0.229 e. The zero-order valence-electron chi connectivity index (χ0n) is 12.2. The van der Waals surface area contributed by atoms with E-state index in [-0.39, 0.29) is 17.9 Å². The van der Waals surface area contributed by atoms with Crippen molar-refractivity contribution in [2.24, 2.45) is 11.7 Å². The van der Waals surface area contributed by atoms with Gasteiger partial charge in [0.2, 0.25) is 5.91 Å². The monoisotopic (exact) mass is 321 g/mol. The Hall–Kier alpha value is -1.24. The molecule has 1 aliphatic carbocycles. The molecule has 2 heterocycles. The van der Waals surface area contributed by atoms with E-state index in [0.29, 0.717) is 5.13 Å². The Bertz CT molecular complexity index is 662. The average molecular weight is 321 g/mol. The Morgan fingerprint density at radius 2 is 2.14 bits per heavy atom. The zero-order valence-corrected chi connectivity index (χ0v) is 13.8. The third kappa shape index (κ3) is 3.17. The minimum atomic E-state index is 0.0386. The van der Waals surface area contributed by atoms with Crippen LogP contribution in [0.15, 0.2) is 12.1 Å². The number of carbonyl (C=O) groups excluding carboxylic acids is 1. The zero-order chi connectivity index (χ0) is 15.0. The van der Waals surface area contributed by atoms with Gasteiger partial charge in [0.1, 0.15) is 0 Å². The van der Waals surface area contributed by atoms with Crippen molar-refractivity contribution in [1.29, 1.82) is 0 Å². The van der Waals surface area contributed by atoms with Crippen molar-refractivity contribution in [3.63, 3.8) is 0 Å². The first-order chi connectivity index (χ1) is 10.0. The van der Waals surface area contributed by atoms with E-state index in [1.54, 1.807) is 11.3 Å². The van der Waals surface area contributed by atoms with E-state index in [9.17, 15) is 4.79 Å². The highest BCUT2D eigenvalue weighted by Crippen LogP contribution is 2.35. The summed E-state index contributed by atoms with van der Waals surface area (Å²) >= 11 is 3.27. The molecule has 1 saturated carbocycles. The van der Waals surface area contributed by atoms with Gasteiger partial charge in [0, 0.05) is 21.7 Å². The van der Waals surface area contributed by atoms with Gasteiger partial charge in [-0.3, -0.25) is 4.79 Å². The molecule has 2 aromatic rings. The lowest BCUT2D eigenvalue weighted by Gasteiger charge is -2.08. The van der Waals surface area contributed by atoms with Gasteiger partial charge in [0.15, 0.2) is 5.13 Å². The van der Waals surface area contributed by atoms with Crippen molar-refractivity contribution >= 4 is 33.7 Å². The molecule has 0 spiro atoms. The van der Waals surface area contributed by atoms with E-state index in [1.807, 2.05) is 6.92 Å². The molecule has 1 amide bonds. The van der Waals surface area contributed by atoms with Crippen LogP contribution in [-0.4, -0.2) is 16.9 Å². The van der Waals surface area contributed by atoms with Gasteiger partial charge in [-0.2, -0.15) is 0 Å². The predicted octanol–water partition coefficient (Wildman–Crippen LogP) is 3.55. The number of nitrogens with zero attached hydrogens (tertiary/aromatic N) is 1. The van der Waals surface area contributed by atoms with Gasteiger partial charge in [-0.25, -0.2) is 4.98 Å². The van der Waals surface area contributed by atoms with Crippen molar-refractivity contribution < 1.29 is 4.79 Å². The molecule has 112 valence electrons. The van der Waals surface area contributed by atoms with Crippen molar-refractivity contribution in [2.75, 3.05) is 5.32 Å². The van der Waals surface area contributed by atoms with E-state index in [4.69, 9.17) is 5.73 Å². The molecule has 21 heavy (non-hydrogen) atoms. The third-order valence-corrected chi connectivity index (χ3v) is 5.74. The number of aryl methyl sites for hydroxylation is 2. The average Bonchev–Trinajstić information content (AvgIpc) is 3.11. The summed E-state index contributed by atoms with van der Waals surface area (Å²) in [5.74, 6) is 0.0993. The van der Waals surface area contributed by atoms with Crippen LogP contribution in [0.5, 0.6) is 0 Å². The third-order valence-electron chi connectivity index (χ3n) is 3.84. The number of thiophene rings is 1. The summed E-state index contributed by atoms with van der Waals surface area (Å²) in [6.07, 6.45) is 2.61. The second kappa shape index (κ2) is 5.87. The quantitative estimate of drug-likeness (QED) is 0.908. The summed E-state index contributed by atoms with van der Waals surface area (Å²) in [7, 11) is 0. The normalized spacial score (nSPS) is 21.7. The largest absolute Gasteiger partial charge is 0.328 e. The van der Waals surface area contributed by atoms with E-state index >= 15 is 0 Å². The molecule has 0 aliphatic heterocycles. The minimum absolute atomic E-state index is 0.0386. The number of aromatic nitrogens is 1. The molecular weight excluding hydrogens is 302 g/mol. The van der Waals surface area contributed by atoms with E-state index in [1.165, 1.54) is 16.2 Å². The molecule has 0 bridgehead atoms. The fraction of sp³-hybridized carbons (Fsp3) is 0.467. The predicted molar refractivity (Wildman–Crippen MR) is 88.8 cm³/mol. The van der Waals surface area contributed by atoms with Gasteiger partial charge in [0.05, 0.1) is 10.6 Å². The van der Waals surface area contributed by atoms with Gasteiger partial charge >= 0.3 is 0 Å². The molecule has 1 aliphatic rings. The number of thiazole rings is 1. The van der Waals surface area contributed by atoms with Crippen LogP contribution < -0.4 is 11.1 Å². The summed E-state index contributed by atoms with van der Waals surface area (Å²) < 4.78 is 0. The van der Waals surface area contributed by atoms with Crippen LogP contribution in [0.2, 0.25) is 0 Å². The number of nitrogens with one attached hydrogen (secondary N) is 1. The Morgan fingerprint density at radius 1 is 1.33 bits per heavy atom. The molecule has 0 aromatic carbocycles. The Morgan fingerprint density at radius 3 is 2.76 bits per heavy atom. The number of amides is 1. The summed E-state index contributed by atoms with van der Waals surface area (Å²) in [5, 5.41) is 3.65. The van der Waals surface area contributed by atoms with E-state index < -0.39 is 0 Å². The number of nitrogens with two attached hydrogens (primary N) is 1. The summed E-state index contributed by atoms with van der Waals surface area (Å²) in [6, 6.07) is 4.35. The summed E-state index contributed by atoms with van der Waals surface area (Å²) in [4.78, 5) is 20.4. The van der Waals surface area contributed by atoms with Crippen LogP contribution in [0, 0.1) is 19.8 Å². The molecule has 3 rings (SSSR count). The second-order valence-corrected chi connectivity index (χ2v) is 8.08. The fourth-order valence-electron chi connectivity index (χ4n) is 2.70. The Labute approximate surface area is 132 Å². The molecule has 3 N–H and O–H groups in total. The minimum Gasteiger partial charge on any atom is -0.328 e. The standard InChI is InChI=1S/C15H19N3OS2/c1-8-3-6-12(20-8)13-9(2)21-15(17-13)18-14(19)10-4-5-11(16)7-10/h3,6,10-11H,4-5,7,16H2,1-2H3,(H,17,18,19). The molecule has 2 unspecified atom stereocenters. The smallest absolute Gasteiger partial charge is 0.229 e. The molecule has 0 radical (unpaired) electrons. The van der Waals surface area contributed by atoms with Crippen LogP contribution in [0.4, 0.5) is 5.13 Å². The lowest BCUT2D eigenvalue weighted by Crippen LogP contribution is -2.23. The van der Waals surface area contributed by atoms with Crippen LogP contribution in [-0.2, 0) is 4.79 Å². The second-order valence-electron chi connectivity index (χ2n) is 5.59. The highest BCUT2D eigenvalue weighted by atomic mass is 32.1. The number of carbonyl (C=O) groups is 1. The van der Waals surface area contributed by atoms with Crippen LogP contribution in [0.25, 0.3) is 10.6 Å². The molecule has 2 aromatic heterocycles. The van der Waals surface area contributed by atoms with Crippen LogP contribution in [0.1, 0.15) is 29.0 Å². The van der Waals surface area contributed by atoms with E-state index in [0.717, 1.165) is 34.7 Å². The maximum absolute atomic E-state index is 12.2. The summed E-state index contributed by atoms with van der Waals surface area (Å²) in [5.41, 5.74) is 6.85. The van der Waals surface area contributed by atoms with Gasteiger partial charge in [-0.05, 0) is 45.2 Å². The van der Waals surface area contributed by atoms with Crippen LogP contribution >= 0.6 is 22.7 Å². The highest BCUT2D eigenvalue weighted by Gasteiger charge is 2.28. The molecular formula is C15H19N3OS2. The Balaban J connectivity index is 1.74. The Kier molecular flexibility index (Phi) is 4.10. The van der Waals surface area contributed by atoms with Crippen molar-refractivity contribution in [1.82, 2.24) is 4.98 Å². The van der Waals surface area contributed by atoms with Crippen LogP contribution in [0.3, 0.4) is 0 Å². The van der Waals surface area contributed by atoms with E-state index in [2.05, 4.69) is 29.4 Å². The number of rotatable bonds is 3. The molecule has 0 saturated heterocycles. The van der Waals surface area contributed by atoms with Crippen molar-refractivity contribution in [3.8, 4) is 10.6 Å². The SMILES string of the molecule is Cc1ccc(-c2nc(NC(=O)C3CCC(N)C3)sc2C)s1. The first-order valence-electron chi connectivity index (χ1n) is 7.13. The highest BCUT2D eigenvalue weighted by molar-refractivity contribution is 7.18. The summed E-state index contributed by atoms with van der Waals surface area (Å²) in [6.45, 7) is 4.13. The van der Waals surface area contributed by atoms with Crippen molar-refractivity contribution in [2.45, 2.75) is 39.2 Å². The topological polar surface area (TPSA) is 68.0 Å². The lowest BCUT2D eigenvalue weighted by atomic mass is 10.1. The fourth-order valence-corrected chi connectivity index (χ4v) is 4.51. The number of anilines is 1. The molecule has 2 atom stereocenters. The number of hydrogen-bond acceptors (Lipinski definition) is 5.